The first-order valence-corrected chi connectivity index (χ1v) is 7.54. The summed E-state index contributed by atoms with van der Waals surface area (Å²) in [7, 11) is 1.42. The maximum Gasteiger partial charge on any atom is 0.328 e. The van der Waals surface area contributed by atoms with Crippen molar-refractivity contribution in [1.82, 2.24) is 14.8 Å². The van der Waals surface area contributed by atoms with E-state index in [1.165, 1.54) is 19.2 Å². The molecular formula is C17H16N4O4. The van der Waals surface area contributed by atoms with Crippen molar-refractivity contribution < 1.29 is 14.5 Å². The number of benzene rings is 1. The fraction of sp³-hybridized carbons (Fsp3) is 0.176. The minimum Gasteiger partial charge on any atom is -0.318 e. The molecule has 1 aromatic heterocycles. The minimum absolute atomic E-state index is 0.0239. The zero-order chi connectivity index (χ0) is 18.3. The molecule has 1 saturated heterocycles. The van der Waals surface area contributed by atoms with Crippen molar-refractivity contribution in [2.24, 2.45) is 0 Å². The molecule has 8 heteroatoms. The first-order chi connectivity index (χ1) is 11.8. The first-order valence-electron chi connectivity index (χ1n) is 7.54. The third kappa shape index (κ3) is 2.78. The van der Waals surface area contributed by atoms with Gasteiger partial charge >= 0.3 is 6.03 Å². The number of hydrogen-bond donors (Lipinski definition) is 1. The topological polar surface area (TPSA) is 97.5 Å². The molecular weight excluding hydrogens is 324 g/mol. The lowest BCUT2D eigenvalue weighted by molar-refractivity contribution is -0.384. The van der Waals surface area contributed by atoms with Crippen LogP contribution in [0.15, 0.2) is 36.0 Å². The van der Waals surface area contributed by atoms with Crippen LogP contribution >= 0.6 is 0 Å². The molecule has 2 heterocycles. The molecule has 0 unspecified atom stereocenters. The number of non-ortho nitro benzene ring substituents is 1. The Morgan fingerprint density at radius 1 is 1.16 bits per heavy atom. The summed E-state index contributed by atoms with van der Waals surface area (Å²) < 4.78 is 1.93. The molecule has 1 aliphatic heterocycles. The van der Waals surface area contributed by atoms with Crippen LogP contribution in [0, 0.1) is 24.0 Å². The van der Waals surface area contributed by atoms with Crippen LogP contribution in [-0.4, -0.2) is 33.4 Å². The van der Waals surface area contributed by atoms with Gasteiger partial charge in [0.05, 0.1) is 4.92 Å². The van der Waals surface area contributed by atoms with Crippen molar-refractivity contribution in [3.05, 3.63) is 63.1 Å². The van der Waals surface area contributed by atoms with Gasteiger partial charge in [-0.05, 0) is 43.7 Å². The van der Waals surface area contributed by atoms with E-state index in [1.807, 2.05) is 24.5 Å². The monoisotopic (exact) mass is 340 g/mol. The molecule has 25 heavy (non-hydrogen) atoms. The molecule has 0 spiro atoms. The summed E-state index contributed by atoms with van der Waals surface area (Å²) in [6.45, 7) is 3.78. The van der Waals surface area contributed by atoms with Gasteiger partial charge in [-0.15, -0.1) is 0 Å². The normalized spacial score (nSPS) is 15.8. The van der Waals surface area contributed by atoms with Crippen LogP contribution in [0.4, 0.5) is 10.5 Å². The molecule has 8 nitrogen and oxygen atoms in total. The van der Waals surface area contributed by atoms with Gasteiger partial charge in [0, 0.05) is 36.3 Å². The van der Waals surface area contributed by atoms with Crippen LogP contribution < -0.4 is 5.32 Å². The van der Waals surface area contributed by atoms with Gasteiger partial charge in [0.2, 0.25) is 0 Å². The van der Waals surface area contributed by atoms with Gasteiger partial charge in [0.1, 0.15) is 5.70 Å². The molecule has 128 valence electrons. The average molecular weight is 340 g/mol. The number of nitrogens with zero attached hydrogens (tertiary/aromatic N) is 3. The Morgan fingerprint density at radius 3 is 2.32 bits per heavy atom. The summed E-state index contributed by atoms with van der Waals surface area (Å²) in [5.41, 5.74) is 3.57. The number of aromatic nitrogens is 1. The first kappa shape index (κ1) is 16.4. The third-order valence-corrected chi connectivity index (χ3v) is 4.17. The zero-order valence-electron chi connectivity index (χ0n) is 13.9. The van der Waals surface area contributed by atoms with Crippen molar-refractivity contribution in [3.63, 3.8) is 0 Å². The number of nitrogens with one attached hydrogen (secondary N) is 1. The number of urea groups is 1. The second-order valence-electron chi connectivity index (χ2n) is 5.79. The van der Waals surface area contributed by atoms with E-state index in [9.17, 15) is 19.7 Å². The van der Waals surface area contributed by atoms with Crippen molar-refractivity contribution in [1.29, 1.82) is 0 Å². The molecule has 0 saturated carbocycles. The lowest BCUT2D eigenvalue weighted by atomic mass is 10.2. The summed E-state index contributed by atoms with van der Waals surface area (Å²) >= 11 is 0. The Hall–Kier alpha value is -3.42. The van der Waals surface area contributed by atoms with Crippen molar-refractivity contribution in [3.8, 4) is 5.69 Å². The second-order valence-corrected chi connectivity index (χ2v) is 5.79. The van der Waals surface area contributed by atoms with E-state index in [0.29, 0.717) is 0 Å². The Labute approximate surface area is 143 Å². The fourth-order valence-corrected chi connectivity index (χ4v) is 2.83. The summed E-state index contributed by atoms with van der Waals surface area (Å²) in [4.78, 5) is 34.9. The van der Waals surface area contributed by atoms with Gasteiger partial charge in [-0.1, -0.05) is 0 Å². The van der Waals surface area contributed by atoms with Gasteiger partial charge in [0.15, 0.2) is 0 Å². The summed E-state index contributed by atoms with van der Waals surface area (Å²) in [5.74, 6) is -0.384. The number of nitro benzene ring substituents is 1. The van der Waals surface area contributed by atoms with Crippen molar-refractivity contribution in [2.45, 2.75) is 13.8 Å². The van der Waals surface area contributed by atoms with Gasteiger partial charge in [-0.3, -0.25) is 19.8 Å². The van der Waals surface area contributed by atoms with Crippen LogP contribution in [0.3, 0.4) is 0 Å². The Kier molecular flexibility index (Phi) is 3.88. The molecule has 1 N–H and O–H groups in total. The van der Waals surface area contributed by atoms with Crippen LogP contribution in [0.5, 0.6) is 0 Å². The average Bonchev–Trinajstić information content (AvgIpc) is 2.98. The van der Waals surface area contributed by atoms with Crippen molar-refractivity contribution >= 4 is 23.7 Å². The zero-order valence-corrected chi connectivity index (χ0v) is 13.9. The van der Waals surface area contributed by atoms with Crippen LogP contribution in [-0.2, 0) is 4.79 Å². The number of nitro groups is 1. The van der Waals surface area contributed by atoms with E-state index < -0.39 is 11.0 Å². The highest BCUT2D eigenvalue weighted by atomic mass is 16.6. The molecule has 3 amide bonds. The number of rotatable bonds is 3. The molecule has 0 atom stereocenters. The van der Waals surface area contributed by atoms with Gasteiger partial charge in [-0.2, -0.15) is 0 Å². The molecule has 3 rings (SSSR count). The maximum absolute atomic E-state index is 12.0. The highest BCUT2D eigenvalue weighted by molar-refractivity contribution is 6.13. The second kappa shape index (κ2) is 5.90. The Bertz CT molecular complexity index is 925. The number of likely N-dealkylation sites (N-methyl/N-ethyl adjacent to an activating group) is 1. The van der Waals surface area contributed by atoms with Gasteiger partial charge in [0.25, 0.3) is 11.6 Å². The predicted octanol–water partition coefficient (Wildman–Crippen LogP) is 2.52. The number of carbonyl (C=O) groups is 2. The summed E-state index contributed by atoms with van der Waals surface area (Å²) in [5, 5.41) is 13.3. The smallest absolute Gasteiger partial charge is 0.318 e. The summed E-state index contributed by atoms with van der Waals surface area (Å²) in [6, 6.07) is 7.67. The maximum atomic E-state index is 12.0. The summed E-state index contributed by atoms with van der Waals surface area (Å²) in [6.07, 6.45) is 1.63. The molecule has 0 radical (unpaired) electrons. The van der Waals surface area contributed by atoms with E-state index in [2.05, 4.69) is 5.32 Å². The van der Waals surface area contributed by atoms with Crippen LogP contribution in [0.2, 0.25) is 0 Å². The highest BCUT2D eigenvalue weighted by Crippen LogP contribution is 2.25. The molecule has 1 aromatic carbocycles. The van der Waals surface area contributed by atoms with Crippen LogP contribution in [0.25, 0.3) is 11.8 Å². The molecule has 0 aliphatic carbocycles. The number of imide groups is 1. The minimum atomic E-state index is -0.458. The number of carbonyl (C=O) groups excluding carboxylic acids is 2. The van der Waals surface area contributed by atoms with E-state index in [-0.39, 0.29) is 17.3 Å². The molecule has 2 aromatic rings. The molecule has 0 bridgehead atoms. The van der Waals surface area contributed by atoms with E-state index >= 15 is 0 Å². The fourth-order valence-electron chi connectivity index (χ4n) is 2.83. The van der Waals surface area contributed by atoms with Crippen molar-refractivity contribution in [2.75, 3.05) is 7.05 Å². The number of amides is 3. The lowest BCUT2D eigenvalue weighted by Crippen LogP contribution is -2.25. The molecule has 1 fully saturated rings. The van der Waals surface area contributed by atoms with Gasteiger partial charge in [-0.25, -0.2) is 4.79 Å². The lowest BCUT2D eigenvalue weighted by Gasteiger charge is -2.09. The van der Waals surface area contributed by atoms with E-state index in [4.69, 9.17) is 0 Å². The largest absolute Gasteiger partial charge is 0.328 e. The third-order valence-electron chi connectivity index (χ3n) is 4.17. The number of aryl methyl sites for hydroxylation is 1. The SMILES string of the molecule is Cc1cc(/C=C2\NC(=O)N(C)C2=O)c(C)n1-c1ccc([N+](=O)[O-])cc1. The van der Waals surface area contributed by atoms with E-state index in [0.717, 1.165) is 27.5 Å². The van der Waals surface area contributed by atoms with Gasteiger partial charge < -0.3 is 9.88 Å². The van der Waals surface area contributed by atoms with Crippen LogP contribution in [0.1, 0.15) is 17.0 Å². The number of hydrogen-bond acceptors (Lipinski definition) is 4. The predicted molar refractivity (Wildman–Crippen MR) is 91.2 cm³/mol. The standard InChI is InChI=1S/C17H16N4O4/c1-10-8-12(9-15-16(22)19(3)17(23)18-15)11(2)20(10)13-4-6-14(7-5-13)21(24)25/h4-9H,1-3H3,(H,18,23)/b15-9-. The quantitative estimate of drug-likeness (QED) is 0.402. The Morgan fingerprint density at radius 2 is 1.80 bits per heavy atom. The Balaban J connectivity index is 2.01. The van der Waals surface area contributed by atoms with E-state index in [1.54, 1.807) is 18.2 Å². The molecule has 1 aliphatic rings. The highest BCUT2D eigenvalue weighted by Gasteiger charge is 2.30.